The fraction of sp³-hybridized carbons (Fsp3) is 0.500. The largest absolute Gasteiger partial charge is 0.392 e. The molecule has 4 nitrogen and oxygen atoms in total. The van der Waals surface area contributed by atoms with E-state index < -0.39 is 6.10 Å². The predicted molar refractivity (Wildman–Crippen MR) is 73.7 cm³/mol. The van der Waals surface area contributed by atoms with Crippen LogP contribution in [0.4, 0.5) is 5.69 Å². The number of anilines is 1. The molecule has 0 aliphatic carbocycles. The average Bonchev–Trinajstić information content (AvgIpc) is 2.21. The molecule has 0 radical (unpaired) electrons. The average molecular weight is 250 g/mol. The highest BCUT2D eigenvalue weighted by molar-refractivity contribution is 5.92. The van der Waals surface area contributed by atoms with E-state index in [4.69, 9.17) is 0 Å². The van der Waals surface area contributed by atoms with Gasteiger partial charge >= 0.3 is 0 Å². The summed E-state index contributed by atoms with van der Waals surface area (Å²) in [6, 6.07) is 5.85. The van der Waals surface area contributed by atoms with Crippen LogP contribution in [0, 0.1) is 13.8 Å². The highest BCUT2D eigenvalue weighted by Crippen LogP contribution is 2.13. The Morgan fingerprint density at radius 2 is 2.06 bits per heavy atom. The number of amides is 1. The van der Waals surface area contributed by atoms with Crippen LogP contribution in [0.2, 0.25) is 0 Å². The quantitative estimate of drug-likeness (QED) is 0.833. The van der Waals surface area contributed by atoms with Crippen molar-refractivity contribution in [2.24, 2.45) is 0 Å². The molecule has 0 heterocycles. The lowest BCUT2D eigenvalue weighted by molar-refractivity contribution is -0.117. The maximum atomic E-state index is 11.8. The Balaban J connectivity index is 2.51. The molecule has 1 amide bonds. The Morgan fingerprint density at radius 3 is 2.61 bits per heavy atom. The van der Waals surface area contributed by atoms with Gasteiger partial charge < -0.3 is 10.4 Å². The van der Waals surface area contributed by atoms with E-state index in [1.54, 1.807) is 11.8 Å². The minimum atomic E-state index is -0.426. The Hall–Kier alpha value is -1.39. The molecule has 0 fully saturated rings. The van der Waals surface area contributed by atoms with E-state index in [2.05, 4.69) is 5.32 Å². The zero-order valence-corrected chi connectivity index (χ0v) is 11.5. The molecule has 1 atom stereocenters. The van der Waals surface area contributed by atoms with E-state index in [1.165, 1.54) is 5.56 Å². The first-order chi connectivity index (χ1) is 8.38. The number of nitrogens with zero attached hydrogens (tertiary/aromatic N) is 1. The lowest BCUT2D eigenvalue weighted by atomic mass is 10.1. The van der Waals surface area contributed by atoms with E-state index >= 15 is 0 Å². The van der Waals surface area contributed by atoms with Gasteiger partial charge in [0.25, 0.3) is 0 Å². The van der Waals surface area contributed by atoms with Gasteiger partial charge in [-0.2, -0.15) is 0 Å². The van der Waals surface area contributed by atoms with Gasteiger partial charge in [0.05, 0.1) is 12.6 Å². The number of aliphatic hydroxyl groups excluding tert-OH is 1. The summed E-state index contributed by atoms with van der Waals surface area (Å²) < 4.78 is 0. The van der Waals surface area contributed by atoms with Gasteiger partial charge in [-0.25, -0.2) is 0 Å². The van der Waals surface area contributed by atoms with Crippen LogP contribution in [0.5, 0.6) is 0 Å². The number of carbonyl (C=O) groups is 1. The van der Waals surface area contributed by atoms with Gasteiger partial charge in [-0.15, -0.1) is 0 Å². The molecule has 0 saturated carbocycles. The smallest absolute Gasteiger partial charge is 0.238 e. The third-order valence-electron chi connectivity index (χ3n) is 2.78. The Morgan fingerprint density at radius 1 is 1.39 bits per heavy atom. The molecule has 100 valence electrons. The van der Waals surface area contributed by atoms with E-state index in [1.807, 2.05) is 39.1 Å². The van der Waals surface area contributed by atoms with Crippen molar-refractivity contribution < 1.29 is 9.90 Å². The highest BCUT2D eigenvalue weighted by atomic mass is 16.3. The molecule has 0 bridgehead atoms. The van der Waals surface area contributed by atoms with Crippen LogP contribution in [0.1, 0.15) is 18.1 Å². The van der Waals surface area contributed by atoms with Crippen molar-refractivity contribution in [1.29, 1.82) is 0 Å². The minimum Gasteiger partial charge on any atom is -0.392 e. The minimum absolute atomic E-state index is 0.0681. The standard InChI is InChI=1S/C14H22N2O2/c1-10-5-6-13(7-11(10)2)15-14(18)9-16(4)8-12(3)17/h5-7,12,17H,8-9H2,1-4H3,(H,15,18). The summed E-state index contributed by atoms with van der Waals surface area (Å²) >= 11 is 0. The Kier molecular flexibility index (Phi) is 5.31. The van der Waals surface area contributed by atoms with Crippen molar-refractivity contribution in [1.82, 2.24) is 4.90 Å². The Bertz CT molecular complexity index is 416. The van der Waals surface area contributed by atoms with Gasteiger partial charge in [0.1, 0.15) is 0 Å². The van der Waals surface area contributed by atoms with Crippen molar-refractivity contribution in [2.45, 2.75) is 26.9 Å². The maximum absolute atomic E-state index is 11.8. The number of likely N-dealkylation sites (N-methyl/N-ethyl adjacent to an activating group) is 1. The maximum Gasteiger partial charge on any atom is 0.238 e. The van der Waals surface area contributed by atoms with Crippen LogP contribution in [-0.2, 0) is 4.79 Å². The molecule has 0 aliphatic heterocycles. The Labute approximate surface area is 109 Å². The monoisotopic (exact) mass is 250 g/mol. The second kappa shape index (κ2) is 6.52. The normalized spacial score (nSPS) is 12.6. The van der Waals surface area contributed by atoms with Crippen LogP contribution in [0.3, 0.4) is 0 Å². The molecule has 1 aromatic carbocycles. The summed E-state index contributed by atoms with van der Waals surface area (Å²) in [5, 5.41) is 12.1. The van der Waals surface area contributed by atoms with Crippen molar-refractivity contribution in [3.8, 4) is 0 Å². The molecule has 0 spiro atoms. The summed E-state index contributed by atoms with van der Waals surface area (Å²) in [6.45, 7) is 6.53. The topological polar surface area (TPSA) is 52.6 Å². The number of carbonyl (C=O) groups excluding carboxylic acids is 1. The zero-order chi connectivity index (χ0) is 13.7. The van der Waals surface area contributed by atoms with Gasteiger partial charge in [-0.3, -0.25) is 9.69 Å². The molecule has 0 saturated heterocycles. The first-order valence-electron chi connectivity index (χ1n) is 6.12. The zero-order valence-electron chi connectivity index (χ0n) is 11.5. The molecule has 1 unspecified atom stereocenters. The number of benzene rings is 1. The van der Waals surface area contributed by atoms with Crippen LogP contribution in [0.15, 0.2) is 18.2 Å². The summed E-state index contributed by atoms with van der Waals surface area (Å²) in [6.07, 6.45) is -0.426. The lowest BCUT2D eigenvalue weighted by Crippen LogP contribution is -2.34. The summed E-state index contributed by atoms with van der Waals surface area (Å²) in [5.74, 6) is -0.0681. The second-order valence-electron chi connectivity index (χ2n) is 4.89. The van der Waals surface area contributed by atoms with Gasteiger partial charge in [0.2, 0.25) is 5.91 Å². The van der Waals surface area contributed by atoms with Crippen LogP contribution in [0.25, 0.3) is 0 Å². The predicted octanol–water partition coefficient (Wildman–Crippen LogP) is 1.55. The van der Waals surface area contributed by atoms with Crippen LogP contribution in [-0.4, -0.2) is 42.2 Å². The summed E-state index contributed by atoms with van der Waals surface area (Å²) in [4.78, 5) is 13.6. The third kappa shape index (κ3) is 4.85. The number of hydrogen-bond acceptors (Lipinski definition) is 3. The van der Waals surface area contributed by atoms with E-state index in [9.17, 15) is 9.90 Å². The molecule has 0 aromatic heterocycles. The van der Waals surface area contributed by atoms with Gasteiger partial charge in [0, 0.05) is 12.2 Å². The van der Waals surface area contributed by atoms with Crippen LogP contribution >= 0.6 is 0 Å². The van der Waals surface area contributed by atoms with Crippen molar-refractivity contribution in [3.05, 3.63) is 29.3 Å². The molecular formula is C14H22N2O2. The number of aryl methyl sites for hydroxylation is 2. The van der Waals surface area contributed by atoms with E-state index in [0.717, 1.165) is 11.3 Å². The SMILES string of the molecule is Cc1ccc(NC(=O)CN(C)CC(C)O)cc1C. The van der Waals surface area contributed by atoms with Crippen molar-refractivity contribution in [2.75, 3.05) is 25.5 Å². The first-order valence-corrected chi connectivity index (χ1v) is 6.12. The molecule has 4 heteroatoms. The number of rotatable bonds is 5. The molecule has 1 rings (SSSR count). The summed E-state index contributed by atoms with van der Waals surface area (Å²) in [5.41, 5.74) is 3.18. The fourth-order valence-electron chi connectivity index (χ4n) is 1.78. The fourth-order valence-corrected chi connectivity index (χ4v) is 1.78. The third-order valence-corrected chi connectivity index (χ3v) is 2.78. The van der Waals surface area contributed by atoms with Crippen molar-refractivity contribution in [3.63, 3.8) is 0 Å². The molecule has 1 aromatic rings. The summed E-state index contributed by atoms with van der Waals surface area (Å²) in [7, 11) is 1.81. The van der Waals surface area contributed by atoms with E-state index in [-0.39, 0.29) is 12.5 Å². The first kappa shape index (κ1) is 14.7. The number of nitrogens with one attached hydrogen (secondary N) is 1. The molecule has 2 N–H and O–H groups in total. The molecule has 0 aliphatic rings. The number of aliphatic hydroxyl groups is 1. The highest BCUT2D eigenvalue weighted by Gasteiger charge is 2.09. The lowest BCUT2D eigenvalue weighted by Gasteiger charge is -2.17. The number of hydrogen-bond donors (Lipinski definition) is 2. The van der Waals surface area contributed by atoms with E-state index in [0.29, 0.717) is 6.54 Å². The van der Waals surface area contributed by atoms with Gasteiger partial charge in [-0.05, 0) is 51.1 Å². The van der Waals surface area contributed by atoms with Gasteiger partial charge in [0.15, 0.2) is 0 Å². The van der Waals surface area contributed by atoms with Crippen LogP contribution < -0.4 is 5.32 Å². The van der Waals surface area contributed by atoms with Crippen molar-refractivity contribution >= 4 is 11.6 Å². The second-order valence-corrected chi connectivity index (χ2v) is 4.89. The molecular weight excluding hydrogens is 228 g/mol. The molecule has 18 heavy (non-hydrogen) atoms. The van der Waals surface area contributed by atoms with Gasteiger partial charge in [-0.1, -0.05) is 6.07 Å².